The molecule has 1 aromatic carbocycles. The Morgan fingerprint density at radius 1 is 1.33 bits per heavy atom. The molecule has 0 aromatic heterocycles. The summed E-state index contributed by atoms with van der Waals surface area (Å²) >= 11 is 6.27. The highest BCUT2D eigenvalue weighted by atomic mass is 35.5. The molecule has 1 aromatic rings. The van der Waals surface area contributed by atoms with Gasteiger partial charge in [0.1, 0.15) is 0 Å². The molecule has 0 fully saturated rings. The molecule has 2 rings (SSSR count). The molecule has 0 saturated carbocycles. The van der Waals surface area contributed by atoms with Gasteiger partial charge >= 0.3 is 12.0 Å². The van der Waals surface area contributed by atoms with Gasteiger partial charge in [-0.3, -0.25) is 0 Å². The van der Waals surface area contributed by atoms with E-state index in [1.54, 1.807) is 26.1 Å². The van der Waals surface area contributed by atoms with Crippen LogP contribution in [0.3, 0.4) is 0 Å². The average Bonchev–Trinajstić information content (AvgIpc) is 2.56. The van der Waals surface area contributed by atoms with Crippen molar-refractivity contribution in [2.45, 2.75) is 39.2 Å². The Hall–Kier alpha value is -2.01. The van der Waals surface area contributed by atoms with Gasteiger partial charge in [-0.1, -0.05) is 49.6 Å². The van der Waals surface area contributed by atoms with E-state index in [0.717, 1.165) is 19.3 Å². The number of carbonyl (C=O) groups excluding carboxylic acids is 2. The monoisotopic (exact) mass is 350 g/mol. The Morgan fingerprint density at radius 3 is 2.71 bits per heavy atom. The maximum absolute atomic E-state index is 12.6. The van der Waals surface area contributed by atoms with Crippen molar-refractivity contribution < 1.29 is 14.3 Å². The zero-order valence-corrected chi connectivity index (χ0v) is 15.0. The van der Waals surface area contributed by atoms with Crippen LogP contribution in [0.5, 0.6) is 0 Å². The van der Waals surface area contributed by atoms with Crippen molar-refractivity contribution in [2.24, 2.45) is 0 Å². The van der Waals surface area contributed by atoms with E-state index in [4.69, 9.17) is 16.3 Å². The quantitative estimate of drug-likeness (QED) is 0.622. The number of amides is 2. The fourth-order valence-corrected chi connectivity index (χ4v) is 2.88. The van der Waals surface area contributed by atoms with Gasteiger partial charge in [-0.05, 0) is 25.0 Å². The first-order valence-corrected chi connectivity index (χ1v) is 8.51. The molecule has 0 saturated heterocycles. The predicted molar refractivity (Wildman–Crippen MR) is 93.7 cm³/mol. The fourth-order valence-electron chi connectivity index (χ4n) is 2.64. The van der Waals surface area contributed by atoms with E-state index in [9.17, 15) is 9.59 Å². The van der Waals surface area contributed by atoms with Crippen molar-refractivity contribution in [2.75, 3.05) is 13.7 Å². The van der Waals surface area contributed by atoms with Crippen LogP contribution in [0.4, 0.5) is 4.79 Å². The normalized spacial score (nSPS) is 17.8. The smallest absolute Gasteiger partial charge is 0.338 e. The van der Waals surface area contributed by atoms with E-state index in [1.807, 2.05) is 12.1 Å². The van der Waals surface area contributed by atoms with E-state index in [0.29, 0.717) is 28.5 Å². The van der Waals surface area contributed by atoms with Gasteiger partial charge in [-0.15, -0.1) is 0 Å². The van der Waals surface area contributed by atoms with Crippen molar-refractivity contribution in [1.82, 2.24) is 10.2 Å². The van der Waals surface area contributed by atoms with Crippen molar-refractivity contribution >= 4 is 23.6 Å². The molecule has 130 valence electrons. The summed E-state index contributed by atoms with van der Waals surface area (Å²) in [6, 6.07) is 6.28. The summed E-state index contributed by atoms with van der Waals surface area (Å²) < 4.78 is 5.41. The van der Waals surface area contributed by atoms with Crippen LogP contribution in [0.1, 0.15) is 44.7 Å². The third kappa shape index (κ3) is 3.90. The molecule has 6 heteroatoms. The molecule has 0 bridgehead atoms. The molecule has 1 aliphatic rings. The highest BCUT2D eigenvalue weighted by Crippen LogP contribution is 2.34. The lowest BCUT2D eigenvalue weighted by molar-refractivity contribution is -0.139. The maximum Gasteiger partial charge on any atom is 0.338 e. The Morgan fingerprint density at radius 2 is 2.04 bits per heavy atom. The molecule has 0 radical (unpaired) electrons. The highest BCUT2D eigenvalue weighted by Gasteiger charge is 2.35. The van der Waals surface area contributed by atoms with Crippen LogP contribution in [-0.4, -0.2) is 30.6 Å². The summed E-state index contributed by atoms with van der Waals surface area (Å²) in [5.41, 5.74) is 1.67. The maximum atomic E-state index is 12.6. The van der Waals surface area contributed by atoms with Gasteiger partial charge in [-0.2, -0.15) is 0 Å². The molecule has 0 aliphatic carbocycles. The minimum atomic E-state index is -0.610. The lowest BCUT2D eigenvalue weighted by atomic mass is 9.95. The number of benzene rings is 1. The number of nitrogens with one attached hydrogen (secondary N) is 1. The summed E-state index contributed by atoms with van der Waals surface area (Å²) in [5.74, 6) is -0.416. The second kappa shape index (κ2) is 8.20. The molecule has 0 spiro atoms. The van der Waals surface area contributed by atoms with Crippen LogP contribution in [0.2, 0.25) is 5.02 Å². The van der Waals surface area contributed by atoms with Crippen LogP contribution in [0.15, 0.2) is 35.5 Å². The summed E-state index contributed by atoms with van der Waals surface area (Å²) in [4.78, 5) is 26.2. The number of unbranched alkanes of at least 4 members (excludes halogenated alkanes) is 2. The first-order valence-electron chi connectivity index (χ1n) is 8.13. The van der Waals surface area contributed by atoms with Crippen molar-refractivity contribution in [3.63, 3.8) is 0 Å². The standard InChI is InChI=1S/C18H23ClN2O3/c1-4-5-8-11-24-17(22)15-12(2)21(3)18(23)20-16(15)13-9-6-7-10-14(13)19/h6-7,9-10,16H,4-5,8,11H2,1-3H3,(H,20,23). The Bertz CT molecular complexity index is 657. The van der Waals surface area contributed by atoms with Gasteiger partial charge in [0.05, 0.1) is 18.2 Å². The van der Waals surface area contributed by atoms with E-state index in [2.05, 4.69) is 12.2 Å². The van der Waals surface area contributed by atoms with Crippen molar-refractivity contribution in [3.05, 3.63) is 46.1 Å². The number of carbonyl (C=O) groups is 2. The molecule has 2 amide bonds. The molecule has 1 unspecified atom stereocenters. The lowest BCUT2D eigenvalue weighted by Gasteiger charge is -2.33. The van der Waals surface area contributed by atoms with Gasteiger partial charge < -0.3 is 15.0 Å². The van der Waals surface area contributed by atoms with E-state index >= 15 is 0 Å². The predicted octanol–water partition coefficient (Wildman–Crippen LogP) is 4.04. The molecular weight excluding hydrogens is 328 g/mol. The van der Waals surface area contributed by atoms with Crippen LogP contribution >= 0.6 is 11.6 Å². The molecular formula is C18H23ClN2O3. The third-order valence-electron chi connectivity index (χ3n) is 4.17. The molecule has 1 N–H and O–H groups in total. The van der Waals surface area contributed by atoms with Crippen LogP contribution in [0, 0.1) is 0 Å². The van der Waals surface area contributed by atoms with Gasteiger partial charge in [0.15, 0.2) is 0 Å². The second-order valence-corrected chi connectivity index (χ2v) is 6.21. The highest BCUT2D eigenvalue weighted by molar-refractivity contribution is 6.31. The van der Waals surface area contributed by atoms with E-state index in [1.165, 1.54) is 4.90 Å². The average molecular weight is 351 g/mol. The Kier molecular flexibility index (Phi) is 6.26. The molecule has 1 atom stereocenters. The number of allylic oxidation sites excluding steroid dienone is 1. The second-order valence-electron chi connectivity index (χ2n) is 5.81. The number of hydrogen-bond acceptors (Lipinski definition) is 3. The number of nitrogens with zero attached hydrogens (tertiary/aromatic N) is 1. The summed E-state index contributed by atoms with van der Waals surface area (Å²) in [6.07, 6.45) is 2.89. The van der Waals surface area contributed by atoms with Gasteiger partial charge in [0.2, 0.25) is 0 Å². The number of hydrogen-bond donors (Lipinski definition) is 1. The van der Waals surface area contributed by atoms with Gasteiger partial charge in [-0.25, -0.2) is 9.59 Å². The van der Waals surface area contributed by atoms with Gasteiger partial charge in [0.25, 0.3) is 0 Å². The Balaban J connectivity index is 2.32. The van der Waals surface area contributed by atoms with Crippen LogP contribution < -0.4 is 5.32 Å². The SMILES string of the molecule is CCCCCOC(=O)C1=C(C)N(C)C(=O)NC1c1ccccc1Cl. The zero-order chi connectivity index (χ0) is 17.7. The first kappa shape index (κ1) is 18.3. The summed E-state index contributed by atoms with van der Waals surface area (Å²) in [6.45, 7) is 4.20. The minimum Gasteiger partial charge on any atom is -0.462 e. The number of rotatable bonds is 6. The molecule has 24 heavy (non-hydrogen) atoms. The number of halogens is 1. The number of ether oxygens (including phenoxy) is 1. The topological polar surface area (TPSA) is 58.6 Å². The molecule has 5 nitrogen and oxygen atoms in total. The third-order valence-corrected chi connectivity index (χ3v) is 4.52. The van der Waals surface area contributed by atoms with Crippen LogP contribution in [0.25, 0.3) is 0 Å². The van der Waals surface area contributed by atoms with Gasteiger partial charge in [0, 0.05) is 17.8 Å². The number of urea groups is 1. The fraction of sp³-hybridized carbons (Fsp3) is 0.444. The minimum absolute atomic E-state index is 0.278. The molecule has 1 aliphatic heterocycles. The number of esters is 1. The Labute approximate surface area is 147 Å². The van der Waals surface area contributed by atoms with E-state index < -0.39 is 12.0 Å². The summed E-state index contributed by atoms with van der Waals surface area (Å²) in [7, 11) is 1.62. The molecule has 1 heterocycles. The van der Waals surface area contributed by atoms with E-state index in [-0.39, 0.29) is 6.03 Å². The van der Waals surface area contributed by atoms with Crippen molar-refractivity contribution in [1.29, 1.82) is 0 Å². The van der Waals surface area contributed by atoms with Crippen molar-refractivity contribution in [3.8, 4) is 0 Å². The zero-order valence-electron chi connectivity index (χ0n) is 14.3. The largest absolute Gasteiger partial charge is 0.462 e. The first-order chi connectivity index (χ1) is 11.5. The lowest BCUT2D eigenvalue weighted by Crippen LogP contribution is -2.46. The summed E-state index contributed by atoms with van der Waals surface area (Å²) in [5, 5.41) is 3.33. The van der Waals surface area contributed by atoms with Crippen LogP contribution in [-0.2, 0) is 9.53 Å².